The number of hydrogen-bond donors (Lipinski definition) is 0. The van der Waals surface area contributed by atoms with Crippen LogP contribution in [0.5, 0.6) is 0 Å². The van der Waals surface area contributed by atoms with Crippen LogP contribution < -0.4 is 21.5 Å². The number of aryl methyl sites for hydroxylation is 2. The van der Waals surface area contributed by atoms with Crippen LogP contribution in [0.1, 0.15) is 6.42 Å². The van der Waals surface area contributed by atoms with Crippen LogP contribution in [0.2, 0.25) is 0 Å². The van der Waals surface area contributed by atoms with Gasteiger partial charge in [-0.05, 0) is 4.92 Å². The zero-order valence-corrected chi connectivity index (χ0v) is 11.2. The molecule has 0 spiro atoms. The average Bonchev–Trinajstić information content (AvgIpc) is 2.79. The molecule has 0 atom stereocenters. The third-order valence-electron chi connectivity index (χ3n) is 2.45. The molecule has 0 aliphatic carbocycles. The molecule has 0 amide bonds. The van der Waals surface area contributed by atoms with E-state index in [1.807, 2.05) is 35.2 Å². The minimum absolute atomic E-state index is 0. The number of pyridine rings is 1. The van der Waals surface area contributed by atoms with E-state index in [2.05, 4.69) is 4.98 Å². The molecule has 18 heavy (non-hydrogen) atoms. The molecule has 0 bridgehead atoms. The first-order chi connectivity index (χ1) is 8.27. The van der Waals surface area contributed by atoms with Crippen LogP contribution in [-0.4, -0.2) is 14.5 Å². The van der Waals surface area contributed by atoms with Crippen LogP contribution in [0.4, 0.5) is 5.95 Å². The van der Waals surface area contributed by atoms with Crippen LogP contribution in [0.3, 0.4) is 0 Å². The third-order valence-corrected chi connectivity index (χ3v) is 2.45. The Morgan fingerprint density at radius 2 is 2.06 bits per heavy atom. The second-order valence-corrected chi connectivity index (χ2v) is 3.64. The standard InChI is InChI=1S/C11H13N4O2.BrH/c16-15(17)11-12-5-10-14(11)9-4-8-13-6-2-1-3-7-13;/h1-3,5-7,10H,4,8-9H2;1H/q+1;/p-1. The minimum Gasteiger partial charge on any atom is -1.00 e. The molecule has 0 aromatic carbocycles. The van der Waals surface area contributed by atoms with E-state index in [1.54, 1.807) is 10.8 Å². The monoisotopic (exact) mass is 312 g/mol. The zero-order chi connectivity index (χ0) is 12.1. The molecular formula is C11H13BrN4O2. The van der Waals surface area contributed by atoms with Crippen molar-refractivity contribution in [3.8, 4) is 0 Å². The van der Waals surface area contributed by atoms with Crippen molar-refractivity contribution in [2.75, 3.05) is 0 Å². The maximum atomic E-state index is 10.6. The SMILES string of the molecule is O=[N+]([O-])c1nccn1CCC[n+]1ccccc1.[Br-]. The lowest BCUT2D eigenvalue weighted by molar-refractivity contribution is -0.697. The molecule has 0 aliphatic heterocycles. The summed E-state index contributed by atoms with van der Waals surface area (Å²) in [5.41, 5.74) is 0. The average molecular weight is 313 g/mol. The van der Waals surface area contributed by atoms with Gasteiger partial charge in [0.1, 0.15) is 12.4 Å². The lowest BCUT2D eigenvalue weighted by atomic mass is 10.4. The number of nitro groups is 1. The van der Waals surface area contributed by atoms with Gasteiger partial charge in [0.05, 0.1) is 6.54 Å². The summed E-state index contributed by atoms with van der Waals surface area (Å²) >= 11 is 0. The highest BCUT2D eigenvalue weighted by Crippen LogP contribution is 2.07. The maximum Gasteiger partial charge on any atom is 0.434 e. The fourth-order valence-electron chi connectivity index (χ4n) is 1.65. The highest BCUT2D eigenvalue weighted by molar-refractivity contribution is 5.06. The molecular weight excluding hydrogens is 300 g/mol. The van der Waals surface area contributed by atoms with Gasteiger partial charge in [-0.1, -0.05) is 11.1 Å². The van der Waals surface area contributed by atoms with E-state index in [0.717, 1.165) is 13.0 Å². The Hall–Kier alpha value is -1.76. The summed E-state index contributed by atoms with van der Waals surface area (Å²) < 4.78 is 3.60. The van der Waals surface area contributed by atoms with E-state index in [-0.39, 0.29) is 22.9 Å². The number of imidazole rings is 1. The van der Waals surface area contributed by atoms with Crippen molar-refractivity contribution in [2.24, 2.45) is 0 Å². The van der Waals surface area contributed by atoms with Crippen LogP contribution in [0.15, 0.2) is 43.0 Å². The highest BCUT2D eigenvalue weighted by Gasteiger charge is 2.13. The molecule has 0 fully saturated rings. The number of hydrogen-bond acceptors (Lipinski definition) is 3. The molecule has 96 valence electrons. The normalized spacial score (nSPS) is 9.78. The first-order valence-electron chi connectivity index (χ1n) is 5.37. The summed E-state index contributed by atoms with van der Waals surface area (Å²) in [4.78, 5) is 13.9. The Balaban J connectivity index is 0.00000162. The van der Waals surface area contributed by atoms with Gasteiger partial charge in [-0.15, -0.1) is 0 Å². The summed E-state index contributed by atoms with van der Waals surface area (Å²) in [5.74, 6) is -0.0944. The lowest BCUT2D eigenvalue weighted by Crippen LogP contribution is -3.00. The fourth-order valence-corrected chi connectivity index (χ4v) is 1.65. The molecule has 2 aromatic rings. The first kappa shape index (κ1) is 14.3. The summed E-state index contributed by atoms with van der Waals surface area (Å²) in [5, 5.41) is 10.6. The van der Waals surface area contributed by atoms with Gasteiger partial charge in [-0.2, -0.15) is 0 Å². The Kier molecular flexibility index (Phi) is 5.44. The molecule has 0 saturated carbocycles. The molecule has 0 radical (unpaired) electrons. The Morgan fingerprint density at radius 3 is 2.72 bits per heavy atom. The van der Waals surface area contributed by atoms with Gasteiger partial charge < -0.3 is 27.1 Å². The van der Waals surface area contributed by atoms with Crippen molar-refractivity contribution < 1.29 is 26.5 Å². The zero-order valence-electron chi connectivity index (χ0n) is 9.65. The summed E-state index contributed by atoms with van der Waals surface area (Å²) in [7, 11) is 0. The van der Waals surface area contributed by atoms with Crippen LogP contribution in [-0.2, 0) is 13.1 Å². The Labute approximate surface area is 115 Å². The predicted octanol–water partition coefficient (Wildman–Crippen LogP) is -1.83. The van der Waals surface area contributed by atoms with Crippen molar-refractivity contribution in [2.45, 2.75) is 19.5 Å². The van der Waals surface area contributed by atoms with E-state index >= 15 is 0 Å². The fraction of sp³-hybridized carbons (Fsp3) is 0.273. The van der Waals surface area contributed by atoms with Crippen molar-refractivity contribution in [1.29, 1.82) is 0 Å². The van der Waals surface area contributed by atoms with E-state index in [9.17, 15) is 10.1 Å². The van der Waals surface area contributed by atoms with Gasteiger partial charge >= 0.3 is 5.95 Å². The molecule has 2 rings (SSSR count). The summed E-state index contributed by atoms with van der Waals surface area (Å²) in [6.07, 6.45) is 7.86. The van der Waals surface area contributed by atoms with Crippen molar-refractivity contribution in [1.82, 2.24) is 9.55 Å². The summed E-state index contributed by atoms with van der Waals surface area (Å²) in [6.45, 7) is 1.42. The number of aromatic nitrogens is 3. The summed E-state index contributed by atoms with van der Waals surface area (Å²) in [6, 6.07) is 5.87. The smallest absolute Gasteiger partial charge is 0.434 e. The molecule has 6 nitrogen and oxygen atoms in total. The van der Waals surface area contributed by atoms with Gasteiger partial charge in [0.2, 0.25) is 0 Å². The van der Waals surface area contributed by atoms with E-state index in [4.69, 9.17) is 0 Å². The molecule has 0 aliphatic rings. The molecule has 0 N–H and O–H groups in total. The van der Waals surface area contributed by atoms with E-state index in [0.29, 0.717) is 6.54 Å². The first-order valence-corrected chi connectivity index (χ1v) is 5.37. The van der Waals surface area contributed by atoms with Gasteiger partial charge in [0.25, 0.3) is 0 Å². The third kappa shape index (κ3) is 3.63. The Bertz CT molecular complexity index is 501. The second-order valence-electron chi connectivity index (χ2n) is 3.64. The van der Waals surface area contributed by atoms with Crippen LogP contribution >= 0.6 is 0 Å². The predicted molar refractivity (Wildman–Crippen MR) is 60.1 cm³/mol. The topological polar surface area (TPSA) is 64.8 Å². The molecule has 2 heterocycles. The van der Waals surface area contributed by atoms with Gasteiger partial charge in [-0.25, -0.2) is 9.13 Å². The second kappa shape index (κ2) is 6.85. The van der Waals surface area contributed by atoms with Crippen LogP contribution in [0, 0.1) is 10.1 Å². The number of rotatable bonds is 5. The Morgan fingerprint density at radius 1 is 1.33 bits per heavy atom. The molecule has 7 heteroatoms. The minimum atomic E-state index is -0.463. The lowest BCUT2D eigenvalue weighted by Gasteiger charge is -1.99. The number of halogens is 1. The largest absolute Gasteiger partial charge is 1.00 e. The molecule has 0 saturated heterocycles. The van der Waals surface area contributed by atoms with Gasteiger partial charge in [-0.3, -0.25) is 0 Å². The van der Waals surface area contributed by atoms with Crippen molar-refractivity contribution in [3.63, 3.8) is 0 Å². The highest BCUT2D eigenvalue weighted by atomic mass is 79.9. The van der Waals surface area contributed by atoms with E-state index < -0.39 is 4.92 Å². The van der Waals surface area contributed by atoms with Crippen molar-refractivity contribution in [3.05, 3.63) is 53.1 Å². The van der Waals surface area contributed by atoms with Gasteiger partial charge in [0.15, 0.2) is 18.9 Å². The van der Waals surface area contributed by atoms with Gasteiger partial charge in [0, 0.05) is 18.6 Å². The van der Waals surface area contributed by atoms with Crippen molar-refractivity contribution >= 4 is 5.95 Å². The molecule has 2 aromatic heterocycles. The van der Waals surface area contributed by atoms with Crippen LogP contribution in [0.25, 0.3) is 0 Å². The quantitative estimate of drug-likeness (QED) is 0.371. The maximum absolute atomic E-state index is 10.6. The van der Waals surface area contributed by atoms with E-state index in [1.165, 1.54) is 6.20 Å². The number of nitrogens with zero attached hydrogens (tertiary/aromatic N) is 4. The molecule has 0 unspecified atom stereocenters.